The van der Waals surface area contributed by atoms with Gasteiger partial charge in [-0.05, 0) is 43.8 Å². The maximum Gasteiger partial charge on any atom is 0.191 e. The molecule has 1 fully saturated rings. The maximum atomic E-state index is 4.38. The zero-order chi connectivity index (χ0) is 17.8. The Morgan fingerprint density at radius 1 is 1.22 bits per heavy atom. The molecule has 148 valence electrons. The largest absolute Gasteiger partial charge is 0.354 e. The van der Waals surface area contributed by atoms with Crippen LogP contribution in [0.2, 0.25) is 0 Å². The second-order valence-electron chi connectivity index (χ2n) is 6.87. The van der Waals surface area contributed by atoms with Gasteiger partial charge >= 0.3 is 0 Å². The first-order valence-corrected chi connectivity index (χ1v) is 10.4. The second-order valence-corrected chi connectivity index (χ2v) is 7.85. The first-order valence-electron chi connectivity index (χ1n) is 9.48. The SMILES string of the molecule is CN=C(NCc1nnc2n1CCC2)NCC(c1cccs1)N1CCCC1.I. The fraction of sp³-hybridized carbons (Fsp3) is 0.611. The monoisotopic (exact) mass is 501 g/mol. The second kappa shape index (κ2) is 9.83. The van der Waals surface area contributed by atoms with Gasteiger partial charge < -0.3 is 15.2 Å². The average Bonchev–Trinajstić information content (AvgIpc) is 3.44. The number of fused-ring (bicyclic) bond motifs is 1. The highest BCUT2D eigenvalue weighted by Gasteiger charge is 2.24. The third-order valence-corrected chi connectivity index (χ3v) is 6.21. The van der Waals surface area contributed by atoms with Gasteiger partial charge in [-0.15, -0.1) is 45.5 Å². The molecule has 0 amide bonds. The lowest BCUT2D eigenvalue weighted by Gasteiger charge is -2.27. The van der Waals surface area contributed by atoms with Gasteiger partial charge in [0.1, 0.15) is 5.82 Å². The van der Waals surface area contributed by atoms with Crippen molar-refractivity contribution < 1.29 is 0 Å². The van der Waals surface area contributed by atoms with E-state index in [9.17, 15) is 0 Å². The minimum Gasteiger partial charge on any atom is -0.354 e. The van der Waals surface area contributed by atoms with E-state index in [-0.39, 0.29) is 24.0 Å². The van der Waals surface area contributed by atoms with Gasteiger partial charge in [-0.2, -0.15) is 0 Å². The Bertz CT molecular complexity index is 737. The van der Waals surface area contributed by atoms with Crippen LogP contribution in [0.5, 0.6) is 0 Å². The smallest absolute Gasteiger partial charge is 0.191 e. The normalized spacial score (nSPS) is 18.2. The molecule has 1 unspecified atom stereocenters. The highest BCUT2D eigenvalue weighted by atomic mass is 127. The summed E-state index contributed by atoms with van der Waals surface area (Å²) in [5.74, 6) is 2.92. The quantitative estimate of drug-likeness (QED) is 0.362. The number of thiophene rings is 1. The van der Waals surface area contributed by atoms with Gasteiger partial charge in [0.15, 0.2) is 11.8 Å². The van der Waals surface area contributed by atoms with Crippen molar-refractivity contribution >= 4 is 41.3 Å². The van der Waals surface area contributed by atoms with Crippen LogP contribution in [-0.2, 0) is 19.5 Å². The van der Waals surface area contributed by atoms with Gasteiger partial charge in [-0.1, -0.05) is 6.07 Å². The van der Waals surface area contributed by atoms with Crippen LogP contribution in [0.1, 0.15) is 41.8 Å². The fourth-order valence-electron chi connectivity index (χ4n) is 3.86. The Labute approximate surface area is 181 Å². The van der Waals surface area contributed by atoms with Crippen molar-refractivity contribution in [3.8, 4) is 0 Å². The molecule has 2 aliphatic heterocycles. The van der Waals surface area contributed by atoms with Crippen molar-refractivity contribution in [2.45, 2.75) is 44.8 Å². The number of aromatic nitrogens is 3. The molecule has 1 saturated heterocycles. The molecule has 2 aromatic rings. The van der Waals surface area contributed by atoms with Crippen molar-refractivity contribution in [3.63, 3.8) is 0 Å². The van der Waals surface area contributed by atoms with Crippen molar-refractivity contribution in [1.29, 1.82) is 0 Å². The van der Waals surface area contributed by atoms with Crippen LogP contribution in [0.15, 0.2) is 22.5 Å². The molecular weight excluding hydrogens is 473 g/mol. The van der Waals surface area contributed by atoms with Crippen LogP contribution in [0.25, 0.3) is 0 Å². The zero-order valence-corrected chi connectivity index (χ0v) is 18.9. The molecule has 27 heavy (non-hydrogen) atoms. The van der Waals surface area contributed by atoms with Crippen LogP contribution in [0.4, 0.5) is 0 Å². The number of hydrogen-bond acceptors (Lipinski definition) is 5. The van der Waals surface area contributed by atoms with E-state index < -0.39 is 0 Å². The summed E-state index contributed by atoms with van der Waals surface area (Å²) < 4.78 is 2.22. The van der Waals surface area contributed by atoms with Crippen LogP contribution in [0, 0.1) is 0 Å². The van der Waals surface area contributed by atoms with Crippen molar-refractivity contribution in [1.82, 2.24) is 30.3 Å². The Kier molecular flexibility index (Phi) is 7.48. The predicted octanol–water partition coefficient (Wildman–Crippen LogP) is 2.41. The fourth-order valence-corrected chi connectivity index (χ4v) is 4.72. The van der Waals surface area contributed by atoms with E-state index in [0.717, 1.165) is 37.1 Å². The van der Waals surface area contributed by atoms with E-state index in [4.69, 9.17) is 0 Å². The predicted molar refractivity (Wildman–Crippen MR) is 120 cm³/mol. The lowest BCUT2D eigenvalue weighted by atomic mass is 10.2. The molecule has 1 atom stereocenters. The number of halogens is 1. The molecule has 2 N–H and O–H groups in total. The summed E-state index contributed by atoms with van der Waals surface area (Å²) in [4.78, 5) is 8.39. The molecule has 0 bridgehead atoms. The molecule has 4 heterocycles. The summed E-state index contributed by atoms with van der Waals surface area (Å²) in [5, 5.41) is 17.6. The van der Waals surface area contributed by atoms with Crippen LogP contribution >= 0.6 is 35.3 Å². The lowest BCUT2D eigenvalue weighted by Crippen LogP contribution is -2.42. The van der Waals surface area contributed by atoms with Crippen LogP contribution in [-0.4, -0.2) is 52.3 Å². The molecule has 0 aliphatic carbocycles. The molecule has 2 aliphatic rings. The Morgan fingerprint density at radius 3 is 2.81 bits per heavy atom. The maximum absolute atomic E-state index is 4.38. The van der Waals surface area contributed by atoms with Gasteiger partial charge in [-0.25, -0.2) is 0 Å². The van der Waals surface area contributed by atoms with E-state index in [1.807, 2.05) is 18.4 Å². The highest BCUT2D eigenvalue weighted by molar-refractivity contribution is 14.0. The first kappa shape index (κ1) is 20.5. The minimum absolute atomic E-state index is 0. The van der Waals surface area contributed by atoms with E-state index in [2.05, 4.69) is 52.8 Å². The molecule has 0 saturated carbocycles. The molecule has 0 radical (unpaired) electrons. The Balaban J connectivity index is 0.00000210. The van der Waals surface area contributed by atoms with E-state index in [1.54, 1.807) is 0 Å². The molecule has 0 aromatic carbocycles. The summed E-state index contributed by atoms with van der Waals surface area (Å²) in [6.45, 7) is 4.91. The highest BCUT2D eigenvalue weighted by Crippen LogP contribution is 2.27. The Hall–Kier alpha value is -1.20. The number of nitrogens with zero attached hydrogens (tertiary/aromatic N) is 5. The first-order chi connectivity index (χ1) is 12.8. The topological polar surface area (TPSA) is 70.4 Å². The molecule has 2 aromatic heterocycles. The number of hydrogen-bond donors (Lipinski definition) is 2. The zero-order valence-electron chi connectivity index (χ0n) is 15.7. The van der Waals surface area contributed by atoms with Gasteiger partial charge in [-0.3, -0.25) is 9.89 Å². The Morgan fingerprint density at radius 2 is 2.07 bits per heavy atom. The number of rotatable bonds is 6. The number of aryl methyl sites for hydroxylation is 1. The van der Waals surface area contributed by atoms with Crippen LogP contribution in [0.3, 0.4) is 0 Å². The van der Waals surface area contributed by atoms with E-state index in [0.29, 0.717) is 12.6 Å². The molecular formula is C18H28IN7S. The molecule has 4 rings (SSSR count). The molecule has 0 spiro atoms. The molecule has 7 nitrogen and oxygen atoms in total. The van der Waals surface area contributed by atoms with Crippen molar-refractivity contribution in [2.75, 3.05) is 26.7 Å². The van der Waals surface area contributed by atoms with Crippen LogP contribution < -0.4 is 10.6 Å². The molecule has 9 heteroatoms. The number of aliphatic imine (C=N–C) groups is 1. The van der Waals surface area contributed by atoms with Gasteiger partial charge in [0.05, 0.1) is 12.6 Å². The van der Waals surface area contributed by atoms with E-state index in [1.165, 1.54) is 37.2 Å². The van der Waals surface area contributed by atoms with Gasteiger partial charge in [0, 0.05) is 31.4 Å². The lowest BCUT2D eigenvalue weighted by molar-refractivity contribution is 0.249. The minimum atomic E-state index is 0. The third-order valence-electron chi connectivity index (χ3n) is 5.24. The average molecular weight is 501 g/mol. The summed E-state index contributed by atoms with van der Waals surface area (Å²) in [6, 6.07) is 4.79. The van der Waals surface area contributed by atoms with Gasteiger partial charge in [0.25, 0.3) is 0 Å². The number of guanidine groups is 1. The van der Waals surface area contributed by atoms with Gasteiger partial charge in [0.2, 0.25) is 0 Å². The van der Waals surface area contributed by atoms with Crippen molar-refractivity contribution in [2.24, 2.45) is 4.99 Å². The summed E-state index contributed by atoms with van der Waals surface area (Å²) >= 11 is 1.84. The summed E-state index contributed by atoms with van der Waals surface area (Å²) in [7, 11) is 1.82. The summed E-state index contributed by atoms with van der Waals surface area (Å²) in [5.41, 5.74) is 0. The number of nitrogens with one attached hydrogen (secondary N) is 2. The van der Waals surface area contributed by atoms with E-state index >= 15 is 0 Å². The number of likely N-dealkylation sites (tertiary alicyclic amines) is 1. The van der Waals surface area contributed by atoms with Crippen molar-refractivity contribution in [3.05, 3.63) is 34.0 Å². The summed E-state index contributed by atoms with van der Waals surface area (Å²) in [6.07, 6.45) is 4.81. The standard InChI is InChI=1S/C18H27N7S.HI/c1-19-18(21-13-17-23-22-16-7-4-10-25(16)17)20-12-14(15-6-5-11-26-15)24-8-2-3-9-24;/h5-6,11,14H,2-4,7-10,12-13H2,1H3,(H2,19,20,21);1H. The third kappa shape index (κ3) is 4.80.